The van der Waals surface area contributed by atoms with Crippen molar-refractivity contribution in [3.05, 3.63) is 11.6 Å². The third-order valence-electron chi connectivity index (χ3n) is 1.25. The minimum Gasteiger partial charge on any atom is -0.300 e. The normalized spacial score (nSPS) is 16.1. The van der Waals surface area contributed by atoms with E-state index in [0.717, 1.165) is 0 Å². The molecule has 0 aliphatic heterocycles. The lowest BCUT2D eigenvalue weighted by atomic mass is 10.3. The van der Waals surface area contributed by atoms with Crippen molar-refractivity contribution in [1.29, 1.82) is 0 Å². The Morgan fingerprint density at radius 2 is 2.14 bits per heavy atom. The molecule has 1 unspecified atom stereocenters. The summed E-state index contributed by atoms with van der Waals surface area (Å²) in [4.78, 5) is 23.8. The zero-order valence-electron chi connectivity index (χ0n) is 8.22. The van der Waals surface area contributed by atoms with Gasteiger partial charge in [0, 0.05) is 5.57 Å². The monoisotopic (exact) mass is 224 g/mol. The fraction of sp³-hybridized carbons (Fsp3) is 0.571. The number of carbonyl (C=O) groups is 1. The number of rotatable bonds is 5. The van der Waals surface area contributed by atoms with E-state index in [1.54, 1.807) is 6.92 Å². The summed E-state index contributed by atoms with van der Waals surface area (Å²) < 4.78 is 19.1. The van der Waals surface area contributed by atoms with Crippen LogP contribution < -0.4 is 0 Å². The van der Waals surface area contributed by atoms with Crippen LogP contribution >= 0.6 is 7.82 Å². The number of phosphoric acid groups is 1. The smallest absolute Gasteiger partial charge is 0.300 e. The molecule has 0 aromatic rings. The van der Waals surface area contributed by atoms with Gasteiger partial charge in [-0.05, 0) is 20.8 Å². The molecule has 0 saturated carbocycles. The van der Waals surface area contributed by atoms with Crippen LogP contribution in [0.25, 0.3) is 0 Å². The van der Waals surface area contributed by atoms with Gasteiger partial charge in [0.05, 0.1) is 6.61 Å². The Morgan fingerprint density at radius 1 is 1.57 bits per heavy atom. The van der Waals surface area contributed by atoms with Gasteiger partial charge in [0.15, 0.2) is 0 Å². The van der Waals surface area contributed by atoms with Crippen LogP contribution in [0.4, 0.5) is 0 Å². The largest absolute Gasteiger partial charge is 0.508 e. The van der Waals surface area contributed by atoms with Crippen LogP contribution in [0.1, 0.15) is 20.8 Å². The fourth-order valence-corrected chi connectivity index (χ4v) is 0.980. The fourth-order valence-electron chi connectivity index (χ4n) is 0.449. The first-order valence-electron chi connectivity index (χ1n) is 3.93. The molecule has 0 bridgehead atoms. The van der Waals surface area contributed by atoms with E-state index in [1.165, 1.54) is 19.9 Å². The SMILES string of the molecule is CC=C(C)C(=O)OOP(=O)(O)OCC. The van der Waals surface area contributed by atoms with Crippen LogP contribution in [-0.2, 0) is 23.4 Å². The Kier molecular flexibility index (Phi) is 5.64. The van der Waals surface area contributed by atoms with Gasteiger partial charge in [0.2, 0.25) is 0 Å². The van der Waals surface area contributed by atoms with Crippen molar-refractivity contribution in [2.75, 3.05) is 6.61 Å². The van der Waals surface area contributed by atoms with Gasteiger partial charge in [-0.15, -0.1) is 0 Å². The molecule has 1 N–H and O–H groups in total. The molecule has 0 aromatic carbocycles. The Balaban J connectivity index is 4.06. The Hall–Kier alpha value is -0.680. The maximum Gasteiger partial charge on any atom is 0.508 e. The summed E-state index contributed by atoms with van der Waals surface area (Å²) in [5.74, 6) is -0.832. The molecule has 0 aliphatic carbocycles. The zero-order chi connectivity index (χ0) is 11.2. The topological polar surface area (TPSA) is 82.1 Å². The van der Waals surface area contributed by atoms with Crippen LogP contribution in [0.2, 0.25) is 0 Å². The van der Waals surface area contributed by atoms with Crippen molar-refractivity contribution in [2.45, 2.75) is 20.8 Å². The van der Waals surface area contributed by atoms with Crippen molar-refractivity contribution in [3.63, 3.8) is 0 Å². The zero-order valence-corrected chi connectivity index (χ0v) is 9.11. The van der Waals surface area contributed by atoms with Crippen molar-refractivity contribution < 1.29 is 28.3 Å². The molecule has 0 saturated heterocycles. The summed E-state index contributed by atoms with van der Waals surface area (Å²) in [7, 11) is -4.27. The molecule has 0 aliphatic rings. The highest BCUT2D eigenvalue weighted by molar-refractivity contribution is 7.47. The summed E-state index contributed by atoms with van der Waals surface area (Å²) in [5, 5.41) is 0. The quantitative estimate of drug-likeness (QED) is 0.330. The van der Waals surface area contributed by atoms with Crippen LogP contribution in [0.5, 0.6) is 0 Å². The first kappa shape index (κ1) is 13.3. The Labute approximate surface area is 82.0 Å². The average molecular weight is 224 g/mol. The highest BCUT2D eigenvalue weighted by Crippen LogP contribution is 2.43. The molecule has 0 rings (SSSR count). The van der Waals surface area contributed by atoms with Crippen LogP contribution in [0.3, 0.4) is 0 Å². The highest BCUT2D eigenvalue weighted by Gasteiger charge is 2.24. The van der Waals surface area contributed by atoms with Gasteiger partial charge in [-0.1, -0.05) is 10.8 Å². The highest BCUT2D eigenvalue weighted by atomic mass is 31.2. The molecule has 7 heteroatoms. The van der Waals surface area contributed by atoms with Gasteiger partial charge in [0.25, 0.3) is 0 Å². The molecule has 0 heterocycles. The predicted molar refractivity (Wildman–Crippen MR) is 48.1 cm³/mol. The molecule has 1 atom stereocenters. The lowest BCUT2D eigenvalue weighted by Crippen LogP contribution is -2.06. The van der Waals surface area contributed by atoms with E-state index in [9.17, 15) is 9.36 Å². The van der Waals surface area contributed by atoms with E-state index < -0.39 is 13.8 Å². The molecule has 14 heavy (non-hydrogen) atoms. The maximum absolute atomic E-state index is 10.9. The predicted octanol–water partition coefficient (Wildman–Crippen LogP) is 1.56. The summed E-state index contributed by atoms with van der Waals surface area (Å²) in [6, 6.07) is 0. The van der Waals surface area contributed by atoms with Crippen LogP contribution in [0, 0.1) is 0 Å². The number of allylic oxidation sites excluding steroid dienone is 1. The van der Waals surface area contributed by atoms with Gasteiger partial charge in [-0.2, -0.15) is 0 Å². The van der Waals surface area contributed by atoms with Crippen molar-refractivity contribution >= 4 is 13.8 Å². The first-order valence-corrected chi connectivity index (χ1v) is 5.43. The second-order valence-electron chi connectivity index (χ2n) is 2.30. The molecule has 0 aromatic heterocycles. The van der Waals surface area contributed by atoms with Gasteiger partial charge < -0.3 is 4.89 Å². The van der Waals surface area contributed by atoms with E-state index in [2.05, 4.69) is 14.1 Å². The molecule has 82 valence electrons. The first-order chi connectivity index (χ1) is 6.43. The summed E-state index contributed by atoms with van der Waals surface area (Å²) in [6.45, 7) is 4.59. The van der Waals surface area contributed by atoms with Gasteiger partial charge in [0.1, 0.15) is 0 Å². The van der Waals surface area contributed by atoms with Crippen molar-refractivity contribution in [3.8, 4) is 0 Å². The van der Waals surface area contributed by atoms with E-state index in [1.807, 2.05) is 0 Å². The number of phosphoric ester groups is 1. The molecular formula is C7H13O6P. The average Bonchev–Trinajstić information content (AvgIpc) is 2.13. The van der Waals surface area contributed by atoms with Crippen molar-refractivity contribution in [1.82, 2.24) is 0 Å². The van der Waals surface area contributed by atoms with E-state index >= 15 is 0 Å². The van der Waals surface area contributed by atoms with Gasteiger partial charge in [-0.3, -0.25) is 9.41 Å². The lowest BCUT2D eigenvalue weighted by Gasteiger charge is -2.08. The molecule has 6 nitrogen and oxygen atoms in total. The molecule has 0 radical (unpaired) electrons. The molecular weight excluding hydrogens is 211 g/mol. The van der Waals surface area contributed by atoms with E-state index in [0.29, 0.717) is 0 Å². The maximum atomic E-state index is 10.9. The van der Waals surface area contributed by atoms with Crippen LogP contribution in [0.15, 0.2) is 11.6 Å². The van der Waals surface area contributed by atoms with E-state index in [-0.39, 0.29) is 12.2 Å². The minimum absolute atomic E-state index is 0.0199. The van der Waals surface area contributed by atoms with Crippen molar-refractivity contribution in [2.24, 2.45) is 0 Å². The third kappa shape index (κ3) is 5.14. The lowest BCUT2D eigenvalue weighted by molar-refractivity contribution is -0.218. The van der Waals surface area contributed by atoms with E-state index in [4.69, 9.17) is 4.89 Å². The number of hydrogen-bond donors (Lipinski definition) is 1. The van der Waals surface area contributed by atoms with Gasteiger partial charge in [-0.25, -0.2) is 9.36 Å². The molecule has 0 fully saturated rings. The number of hydrogen-bond acceptors (Lipinski definition) is 5. The standard InChI is InChI=1S/C7H13O6P/c1-4-6(3)7(8)12-13-14(9,10)11-5-2/h4H,5H2,1-3H3,(H,9,10). The minimum atomic E-state index is -4.27. The summed E-state index contributed by atoms with van der Waals surface area (Å²) in [6.07, 6.45) is 1.48. The number of carbonyl (C=O) groups excluding carboxylic acids is 1. The van der Waals surface area contributed by atoms with Crippen LogP contribution in [-0.4, -0.2) is 17.5 Å². The molecule has 0 amide bonds. The second kappa shape index (κ2) is 5.93. The van der Waals surface area contributed by atoms with Gasteiger partial charge >= 0.3 is 13.8 Å². The second-order valence-corrected chi connectivity index (χ2v) is 3.65. The summed E-state index contributed by atoms with van der Waals surface area (Å²) in [5.41, 5.74) is 0.265. The Bertz CT molecular complexity index is 271. The third-order valence-corrected chi connectivity index (χ3v) is 2.10. The summed E-state index contributed by atoms with van der Waals surface area (Å²) >= 11 is 0. The Morgan fingerprint density at radius 3 is 2.57 bits per heavy atom. The molecule has 0 spiro atoms.